The van der Waals surface area contributed by atoms with E-state index in [9.17, 15) is 0 Å². The first-order chi connectivity index (χ1) is 7.90. The highest BCUT2D eigenvalue weighted by atomic mass is 15.1. The third-order valence-electron chi connectivity index (χ3n) is 2.12. The van der Waals surface area contributed by atoms with Crippen LogP contribution in [0.25, 0.3) is 21.6 Å². The van der Waals surface area contributed by atoms with Crippen LogP contribution in [0, 0.1) is 0 Å². The normalized spacial score (nSPS) is 9.50. The van der Waals surface area contributed by atoms with Crippen LogP contribution in [0.3, 0.4) is 0 Å². The highest BCUT2D eigenvalue weighted by Crippen LogP contribution is 2.16. The summed E-state index contributed by atoms with van der Waals surface area (Å²) in [6.45, 7) is 0.282. The van der Waals surface area contributed by atoms with Crippen molar-refractivity contribution in [2.24, 2.45) is 5.11 Å². The van der Waals surface area contributed by atoms with Crippen molar-refractivity contribution in [2.45, 2.75) is 6.54 Å². The summed E-state index contributed by atoms with van der Waals surface area (Å²) in [7, 11) is 0. The van der Waals surface area contributed by atoms with Gasteiger partial charge in [-0.05, 0) is 17.7 Å². The number of azide groups is 1. The predicted octanol–water partition coefficient (Wildman–Crippen LogP) is 2.95. The van der Waals surface area contributed by atoms with Crippen LogP contribution < -0.4 is 0 Å². The molecule has 0 spiro atoms. The fourth-order valence-corrected chi connectivity index (χ4v) is 1.33. The number of pyridine rings is 2. The molecule has 0 aliphatic carbocycles. The van der Waals surface area contributed by atoms with Crippen molar-refractivity contribution >= 4 is 0 Å². The van der Waals surface area contributed by atoms with E-state index in [2.05, 4.69) is 20.0 Å². The van der Waals surface area contributed by atoms with Gasteiger partial charge in [0.2, 0.25) is 0 Å². The molecule has 0 aromatic carbocycles. The van der Waals surface area contributed by atoms with Gasteiger partial charge < -0.3 is 0 Å². The second-order valence-corrected chi connectivity index (χ2v) is 3.17. The molecule has 5 heteroatoms. The SMILES string of the molecule is [N-]=[N+]=NCc1ccc(-c2cccnc2)cn1. The summed E-state index contributed by atoms with van der Waals surface area (Å²) in [6, 6.07) is 7.63. The molecule has 2 aromatic heterocycles. The van der Waals surface area contributed by atoms with E-state index in [0.29, 0.717) is 0 Å². The molecule has 0 radical (unpaired) electrons. The van der Waals surface area contributed by atoms with Crippen molar-refractivity contribution < 1.29 is 0 Å². The van der Waals surface area contributed by atoms with Crippen LogP contribution in [0.4, 0.5) is 0 Å². The third kappa shape index (κ3) is 2.34. The Morgan fingerprint density at radius 1 is 1.19 bits per heavy atom. The molecule has 0 aliphatic heterocycles. The standard InChI is InChI=1S/C11H9N5/c12-16-15-8-11-4-3-10(7-14-11)9-2-1-5-13-6-9/h1-7H,8H2. The average molecular weight is 211 g/mol. The third-order valence-corrected chi connectivity index (χ3v) is 2.12. The molecule has 16 heavy (non-hydrogen) atoms. The fourth-order valence-electron chi connectivity index (χ4n) is 1.33. The number of nitrogens with zero attached hydrogens (tertiary/aromatic N) is 5. The lowest BCUT2D eigenvalue weighted by Gasteiger charge is -2.00. The molecule has 0 amide bonds. The van der Waals surface area contributed by atoms with E-state index in [1.54, 1.807) is 18.6 Å². The predicted molar refractivity (Wildman–Crippen MR) is 60.3 cm³/mol. The maximum Gasteiger partial charge on any atom is 0.0684 e. The van der Waals surface area contributed by atoms with Crippen LogP contribution in [0.5, 0.6) is 0 Å². The van der Waals surface area contributed by atoms with Crippen molar-refractivity contribution in [1.82, 2.24) is 9.97 Å². The van der Waals surface area contributed by atoms with E-state index in [1.807, 2.05) is 24.3 Å². The van der Waals surface area contributed by atoms with E-state index in [4.69, 9.17) is 5.53 Å². The smallest absolute Gasteiger partial charge is 0.0684 e. The molecular weight excluding hydrogens is 202 g/mol. The molecule has 0 bridgehead atoms. The number of aromatic nitrogens is 2. The highest BCUT2D eigenvalue weighted by Gasteiger charge is 1.98. The first-order valence-corrected chi connectivity index (χ1v) is 4.76. The molecule has 0 N–H and O–H groups in total. The molecule has 0 fully saturated rings. The van der Waals surface area contributed by atoms with Gasteiger partial charge in [-0.1, -0.05) is 17.2 Å². The van der Waals surface area contributed by atoms with Crippen molar-refractivity contribution in [3.05, 3.63) is 59.0 Å². The van der Waals surface area contributed by atoms with E-state index >= 15 is 0 Å². The Hall–Kier alpha value is -2.39. The van der Waals surface area contributed by atoms with Crippen LogP contribution in [-0.2, 0) is 6.54 Å². The van der Waals surface area contributed by atoms with Crippen LogP contribution in [0.2, 0.25) is 0 Å². The van der Waals surface area contributed by atoms with Crippen LogP contribution in [0.1, 0.15) is 5.69 Å². The lowest BCUT2D eigenvalue weighted by Crippen LogP contribution is -1.87. The molecule has 78 valence electrons. The maximum atomic E-state index is 8.18. The Labute approximate surface area is 92.4 Å². The molecule has 0 unspecified atom stereocenters. The first kappa shape index (κ1) is 10.1. The highest BCUT2D eigenvalue weighted by molar-refractivity contribution is 5.60. The van der Waals surface area contributed by atoms with Crippen LogP contribution in [-0.4, -0.2) is 9.97 Å². The van der Waals surface area contributed by atoms with E-state index < -0.39 is 0 Å². The van der Waals surface area contributed by atoms with Crippen molar-refractivity contribution in [3.8, 4) is 11.1 Å². The summed E-state index contributed by atoms with van der Waals surface area (Å²) in [5.41, 5.74) is 11.0. The summed E-state index contributed by atoms with van der Waals surface area (Å²) in [4.78, 5) is 10.9. The summed E-state index contributed by atoms with van der Waals surface area (Å²) in [5, 5.41) is 3.45. The van der Waals surface area contributed by atoms with Crippen molar-refractivity contribution in [1.29, 1.82) is 0 Å². The van der Waals surface area contributed by atoms with E-state index in [0.717, 1.165) is 16.8 Å². The van der Waals surface area contributed by atoms with Gasteiger partial charge in [-0.2, -0.15) is 0 Å². The minimum Gasteiger partial charge on any atom is -0.264 e. The zero-order valence-electron chi connectivity index (χ0n) is 8.48. The van der Waals surface area contributed by atoms with Gasteiger partial charge in [0.1, 0.15) is 0 Å². The van der Waals surface area contributed by atoms with E-state index in [1.165, 1.54) is 0 Å². The Morgan fingerprint density at radius 2 is 2.06 bits per heavy atom. The molecular formula is C11H9N5. The summed E-state index contributed by atoms with van der Waals surface area (Å²) in [5.74, 6) is 0. The van der Waals surface area contributed by atoms with Gasteiger partial charge in [-0.15, -0.1) is 0 Å². The lowest BCUT2D eigenvalue weighted by atomic mass is 10.1. The molecule has 2 rings (SSSR count). The Bertz CT molecular complexity index is 500. The van der Waals surface area contributed by atoms with Gasteiger partial charge in [0.05, 0.1) is 6.54 Å². The fraction of sp³-hybridized carbons (Fsp3) is 0.0909. The molecule has 2 aromatic rings. The van der Waals surface area contributed by atoms with E-state index in [-0.39, 0.29) is 6.54 Å². The van der Waals surface area contributed by atoms with Crippen LogP contribution in [0.15, 0.2) is 48.0 Å². The van der Waals surface area contributed by atoms with Gasteiger partial charge >= 0.3 is 0 Å². The quantitative estimate of drug-likeness (QED) is 0.444. The Kier molecular flexibility index (Phi) is 3.11. The summed E-state index contributed by atoms with van der Waals surface area (Å²) in [6.07, 6.45) is 5.26. The van der Waals surface area contributed by atoms with Crippen molar-refractivity contribution in [3.63, 3.8) is 0 Å². The second kappa shape index (κ2) is 4.91. The zero-order chi connectivity index (χ0) is 11.2. The monoisotopic (exact) mass is 211 g/mol. The summed E-state index contributed by atoms with van der Waals surface area (Å²) >= 11 is 0. The van der Waals surface area contributed by atoms with Crippen molar-refractivity contribution in [2.75, 3.05) is 0 Å². The molecule has 0 atom stereocenters. The molecule has 5 nitrogen and oxygen atoms in total. The second-order valence-electron chi connectivity index (χ2n) is 3.17. The summed E-state index contributed by atoms with van der Waals surface area (Å²) < 4.78 is 0. The Balaban J connectivity index is 2.23. The van der Waals surface area contributed by atoms with Gasteiger partial charge in [0.25, 0.3) is 0 Å². The number of rotatable bonds is 3. The zero-order valence-corrected chi connectivity index (χ0v) is 8.48. The number of hydrogen-bond acceptors (Lipinski definition) is 3. The lowest BCUT2D eigenvalue weighted by molar-refractivity contribution is 0.977. The molecule has 0 saturated heterocycles. The molecule has 2 heterocycles. The average Bonchev–Trinajstić information content (AvgIpc) is 2.38. The minimum absolute atomic E-state index is 0.282. The van der Waals surface area contributed by atoms with Gasteiger partial charge in [0, 0.05) is 40.3 Å². The molecule has 0 saturated carbocycles. The van der Waals surface area contributed by atoms with Gasteiger partial charge in [-0.3, -0.25) is 9.97 Å². The van der Waals surface area contributed by atoms with Gasteiger partial charge in [0.15, 0.2) is 0 Å². The minimum atomic E-state index is 0.282. The van der Waals surface area contributed by atoms with Crippen LogP contribution >= 0.6 is 0 Å². The first-order valence-electron chi connectivity index (χ1n) is 4.76. The number of hydrogen-bond donors (Lipinski definition) is 0. The largest absolute Gasteiger partial charge is 0.264 e. The van der Waals surface area contributed by atoms with Gasteiger partial charge in [-0.25, -0.2) is 0 Å². The Morgan fingerprint density at radius 3 is 2.69 bits per heavy atom. The molecule has 0 aliphatic rings. The topological polar surface area (TPSA) is 74.5 Å². The maximum absolute atomic E-state index is 8.18.